The number of hydrogen-bond acceptors (Lipinski definition) is 9. The summed E-state index contributed by atoms with van der Waals surface area (Å²) in [5.41, 5.74) is 3.25. The molecule has 3 rings (SSSR count). The van der Waals surface area contributed by atoms with Crippen LogP contribution >= 0.6 is 11.8 Å². The van der Waals surface area contributed by atoms with Gasteiger partial charge < -0.3 is 4.57 Å². The van der Waals surface area contributed by atoms with Gasteiger partial charge in [-0.05, 0) is 24.8 Å². The van der Waals surface area contributed by atoms with E-state index in [0.717, 1.165) is 11.8 Å². The molecule has 0 saturated heterocycles. The van der Waals surface area contributed by atoms with E-state index in [4.69, 9.17) is 0 Å². The van der Waals surface area contributed by atoms with Gasteiger partial charge in [-0.3, -0.25) is 19.9 Å². The van der Waals surface area contributed by atoms with Gasteiger partial charge in [0, 0.05) is 30.4 Å². The van der Waals surface area contributed by atoms with Crippen molar-refractivity contribution in [3.05, 3.63) is 62.3 Å². The van der Waals surface area contributed by atoms with Crippen molar-refractivity contribution in [1.82, 2.24) is 24.7 Å². The Hall–Kier alpha value is -3.54. The summed E-state index contributed by atoms with van der Waals surface area (Å²) in [4.78, 5) is 29.3. The molecule has 27 heavy (non-hydrogen) atoms. The molecular weight excluding hydrogens is 372 g/mol. The molecule has 11 nitrogen and oxygen atoms in total. The van der Waals surface area contributed by atoms with Crippen molar-refractivity contribution in [2.75, 3.05) is 5.43 Å². The number of aromatic nitrogens is 5. The van der Waals surface area contributed by atoms with Crippen molar-refractivity contribution < 1.29 is 4.92 Å². The first kappa shape index (κ1) is 18.3. The molecule has 2 N–H and O–H groups in total. The number of anilines is 1. The Morgan fingerprint density at radius 3 is 2.89 bits per heavy atom. The summed E-state index contributed by atoms with van der Waals surface area (Å²) in [5.74, 6) is 0.181. The molecule has 2 heterocycles. The number of nitro groups is 1. The topological polar surface area (TPSA) is 144 Å². The fourth-order valence-corrected chi connectivity index (χ4v) is 2.96. The van der Waals surface area contributed by atoms with Crippen LogP contribution in [-0.4, -0.2) is 35.9 Å². The highest BCUT2D eigenvalue weighted by Crippen LogP contribution is 2.33. The van der Waals surface area contributed by atoms with Crippen LogP contribution < -0.4 is 11.0 Å². The number of hydrogen-bond donors (Lipinski definition) is 2. The minimum Gasteiger partial charge on any atom is -0.311 e. The van der Waals surface area contributed by atoms with E-state index in [1.807, 2.05) is 0 Å². The molecule has 0 radical (unpaired) electrons. The van der Waals surface area contributed by atoms with Gasteiger partial charge in [0.2, 0.25) is 5.95 Å². The maximum atomic E-state index is 11.4. The highest BCUT2D eigenvalue weighted by Gasteiger charge is 2.17. The molecule has 0 aliphatic heterocycles. The monoisotopic (exact) mass is 386 g/mol. The SMILES string of the molecule is Cc1cc(=O)[nH]c(N/N=C\c2ccc(Sc3nncn3C)c([N+](=O)[O-])c2)n1. The molecule has 12 heteroatoms. The van der Waals surface area contributed by atoms with Crippen LogP contribution in [0.25, 0.3) is 0 Å². The molecule has 0 saturated carbocycles. The number of hydrazone groups is 1. The van der Waals surface area contributed by atoms with Crippen LogP contribution in [0.5, 0.6) is 0 Å². The Kier molecular flexibility index (Phi) is 5.26. The van der Waals surface area contributed by atoms with E-state index >= 15 is 0 Å². The van der Waals surface area contributed by atoms with Crippen molar-refractivity contribution in [3.8, 4) is 0 Å². The van der Waals surface area contributed by atoms with Gasteiger partial charge in [-0.25, -0.2) is 10.4 Å². The number of H-pyrrole nitrogens is 1. The number of rotatable bonds is 6. The van der Waals surface area contributed by atoms with Crippen LogP contribution in [0.15, 0.2) is 50.5 Å². The van der Waals surface area contributed by atoms with Crippen LogP contribution in [0.3, 0.4) is 0 Å². The summed E-state index contributed by atoms with van der Waals surface area (Å²) in [7, 11) is 1.75. The molecule has 0 aliphatic rings. The quantitative estimate of drug-likeness (QED) is 0.370. The summed E-state index contributed by atoms with van der Waals surface area (Å²) >= 11 is 1.15. The van der Waals surface area contributed by atoms with E-state index in [2.05, 4.69) is 30.7 Å². The maximum Gasteiger partial charge on any atom is 0.283 e. The maximum absolute atomic E-state index is 11.4. The molecule has 0 fully saturated rings. The molecule has 138 valence electrons. The van der Waals surface area contributed by atoms with Crippen LogP contribution in [-0.2, 0) is 7.05 Å². The number of benzene rings is 1. The van der Waals surface area contributed by atoms with E-state index in [9.17, 15) is 14.9 Å². The lowest BCUT2D eigenvalue weighted by atomic mass is 10.2. The Morgan fingerprint density at radius 1 is 1.41 bits per heavy atom. The van der Waals surface area contributed by atoms with Gasteiger partial charge in [0.05, 0.1) is 16.0 Å². The lowest BCUT2D eigenvalue weighted by molar-refractivity contribution is -0.387. The molecule has 0 aliphatic carbocycles. The predicted octanol–water partition coefficient (Wildman–Crippen LogP) is 1.71. The van der Waals surface area contributed by atoms with E-state index < -0.39 is 4.92 Å². The number of nitrogens with one attached hydrogen (secondary N) is 2. The Bertz CT molecular complexity index is 1070. The van der Waals surface area contributed by atoms with Crippen molar-refractivity contribution in [2.45, 2.75) is 17.0 Å². The number of aryl methyl sites for hydroxylation is 2. The molecule has 0 atom stereocenters. The third-order valence-corrected chi connectivity index (χ3v) is 4.42. The average Bonchev–Trinajstić information content (AvgIpc) is 3.00. The zero-order valence-corrected chi connectivity index (χ0v) is 15.1. The minimum atomic E-state index is -0.469. The van der Waals surface area contributed by atoms with Crippen molar-refractivity contribution in [1.29, 1.82) is 0 Å². The van der Waals surface area contributed by atoms with Gasteiger partial charge in [-0.1, -0.05) is 6.07 Å². The fraction of sp³-hybridized carbons (Fsp3) is 0.133. The number of nitrogens with zero attached hydrogens (tertiary/aromatic N) is 6. The third-order valence-electron chi connectivity index (χ3n) is 3.30. The van der Waals surface area contributed by atoms with Crippen LogP contribution in [0, 0.1) is 17.0 Å². The van der Waals surface area contributed by atoms with E-state index in [0.29, 0.717) is 21.3 Å². The van der Waals surface area contributed by atoms with Gasteiger partial charge in [0.25, 0.3) is 11.2 Å². The van der Waals surface area contributed by atoms with Gasteiger partial charge >= 0.3 is 0 Å². The largest absolute Gasteiger partial charge is 0.311 e. The molecule has 0 unspecified atom stereocenters. The first-order valence-corrected chi connectivity index (χ1v) is 8.41. The van der Waals surface area contributed by atoms with Crippen LogP contribution in [0.2, 0.25) is 0 Å². The highest BCUT2D eigenvalue weighted by molar-refractivity contribution is 7.99. The summed E-state index contributed by atoms with van der Waals surface area (Å²) in [6.45, 7) is 1.68. The minimum absolute atomic E-state index is 0.0750. The van der Waals surface area contributed by atoms with E-state index in [1.165, 1.54) is 24.7 Å². The van der Waals surface area contributed by atoms with Gasteiger partial charge in [-0.15, -0.1) is 10.2 Å². The zero-order valence-electron chi connectivity index (χ0n) is 14.3. The second-order valence-electron chi connectivity index (χ2n) is 5.42. The molecule has 3 aromatic rings. The van der Waals surface area contributed by atoms with Crippen LogP contribution in [0.4, 0.5) is 11.6 Å². The Labute approximate surface area is 156 Å². The highest BCUT2D eigenvalue weighted by atomic mass is 32.2. The van der Waals surface area contributed by atoms with Crippen molar-refractivity contribution in [3.63, 3.8) is 0 Å². The van der Waals surface area contributed by atoms with Crippen molar-refractivity contribution >= 4 is 29.6 Å². The summed E-state index contributed by atoms with van der Waals surface area (Å²) < 4.78 is 1.67. The third kappa shape index (κ3) is 4.55. The fourth-order valence-electron chi connectivity index (χ4n) is 2.11. The first-order chi connectivity index (χ1) is 12.9. The molecule has 0 amide bonds. The average molecular weight is 386 g/mol. The van der Waals surface area contributed by atoms with Gasteiger partial charge in [0.15, 0.2) is 5.16 Å². The van der Waals surface area contributed by atoms with Crippen LogP contribution in [0.1, 0.15) is 11.3 Å². The number of aromatic amines is 1. The standard InChI is InChI=1S/C15H14N8O3S/c1-9-5-13(24)19-14(18-9)20-16-7-10-3-4-12(11(6-10)23(25)26)27-15-21-17-8-22(15)2/h3-8H,1-2H3,(H2,18,19,20,24)/b16-7-. The van der Waals surface area contributed by atoms with Gasteiger partial charge in [-0.2, -0.15) is 5.10 Å². The summed E-state index contributed by atoms with van der Waals surface area (Å²) in [6, 6.07) is 6.05. The Balaban J connectivity index is 1.80. The van der Waals surface area contributed by atoms with Crippen molar-refractivity contribution in [2.24, 2.45) is 12.1 Å². The smallest absolute Gasteiger partial charge is 0.283 e. The zero-order chi connectivity index (χ0) is 19.4. The second-order valence-corrected chi connectivity index (χ2v) is 6.43. The molecule has 2 aromatic heterocycles. The summed E-state index contributed by atoms with van der Waals surface area (Å²) in [6.07, 6.45) is 2.91. The molecule has 0 bridgehead atoms. The molecule has 1 aromatic carbocycles. The lowest BCUT2D eigenvalue weighted by Crippen LogP contribution is -2.10. The lowest BCUT2D eigenvalue weighted by Gasteiger charge is -2.03. The second kappa shape index (κ2) is 7.78. The predicted molar refractivity (Wildman–Crippen MR) is 99.0 cm³/mol. The molecule has 0 spiro atoms. The first-order valence-electron chi connectivity index (χ1n) is 7.60. The van der Waals surface area contributed by atoms with E-state index in [1.54, 1.807) is 30.7 Å². The normalized spacial score (nSPS) is 11.0. The molecular formula is C15H14N8O3S. The Morgan fingerprint density at radius 2 is 2.22 bits per heavy atom. The summed E-state index contributed by atoms with van der Waals surface area (Å²) in [5, 5.41) is 23.6. The number of nitro benzene ring substituents is 1. The van der Waals surface area contributed by atoms with E-state index in [-0.39, 0.29) is 17.2 Å². The van der Waals surface area contributed by atoms with Gasteiger partial charge in [0.1, 0.15) is 6.33 Å².